The number of hydrogen-bond donors (Lipinski definition) is 9. The number of nitro groups is 2. The molecule has 2 saturated heterocycles. The average Bonchev–Trinajstić information content (AvgIpc) is 3.15. The minimum absolute atomic E-state index is 0.0860. The van der Waals surface area contributed by atoms with Crippen LogP contribution >= 0.6 is 0 Å². The molecule has 1 aliphatic carbocycles. The minimum Gasteiger partial charge on any atom is -0.465 e. The van der Waals surface area contributed by atoms with Crippen LogP contribution in [0.1, 0.15) is 26.2 Å². The van der Waals surface area contributed by atoms with Gasteiger partial charge in [0.1, 0.15) is 30.0 Å². The number of carbonyl (C=O) groups is 1. The molecule has 2 aromatic rings. The lowest BCUT2D eigenvalue weighted by Crippen LogP contribution is -2.69. The number of benzene rings is 2. The summed E-state index contributed by atoms with van der Waals surface area (Å²) in [4.78, 5) is 32.0. The van der Waals surface area contributed by atoms with E-state index in [-0.39, 0.29) is 25.9 Å². The number of hydrogen-bond acceptors (Lipinski definition) is 18. The molecule has 3 aliphatic rings. The van der Waals surface area contributed by atoms with Crippen LogP contribution in [0.2, 0.25) is 0 Å². The molecule has 2 aromatic carbocycles. The van der Waals surface area contributed by atoms with E-state index in [9.17, 15) is 62.3 Å². The Hall–Kier alpha value is -4.03. The number of amides is 1. The summed E-state index contributed by atoms with van der Waals surface area (Å²) in [5.41, 5.74) is 3.34. The molecular weight excluding hydrogens is 819 g/mol. The van der Waals surface area contributed by atoms with Crippen molar-refractivity contribution in [3.63, 3.8) is 0 Å². The summed E-state index contributed by atoms with van der Waals surface area (Å²) < 4.78 is 82.0. The first-order valence-corrected chi connectivity index (χ1v) is 20.7. The highest BCUT2D eigenvalue weighted by Crippen LogP contribution is 2.34. The molecule has 2 heterocycles. The van der Waals surface area contributed by atoms with Gasteiger partial charge in [-0.1, -0.05) is 24.3 Å². The molecule has 0 aromatic heterocycles. The summed E-state index contributed by atoms with van der Waals surface area (Å²) >= 11 is 0. The number of carboxylic acid groups (broad SMARTS) is 1. The number of likely N-dealkylation sites (N-methyl/N-ethyl adjacent to an activating group) is 1. The lowest BCUT2D eigenvalue weighted by Gasteiger charge is -2.49. The Bertz CT molecular complexity index is 2040. The van der Waals surface area contributed by atoms with Crippen molar-refractivity contribution in [3.05, 3.63) is 68.8 Å². The van der Waals surface area contributed by atoms with Gasteiger partial charge >= 0.3 is 6.09 Å². The molecule has 26 heteroatoms. The van der Waals surface area contributed by atoms with E-state index in [1.165, 1.54) is 38.2 Å². The van der Waals surface area contributed by atoms with Crippen molar-refractivity contribution in [2.24, 2.45) is 5.73 Å². The molecular formula is C32H45N7O17S2. The smallest absolute Gasteiger partial charge is 0.404 e. The Kier molecular flexibility index (Phi) is 14.0. The van der Waals surface area contributed by atoms with Crippen molar-refractivity contribution < 1.29 is 70.9 Å². The van der Waals surface area contributed by atoms with Gasteiger partial charge in [0, 0.05) is 24.7 Å². The summed E-state index contributed by atoms with van der Waals surface area (Å²) in [6, 6.07) is 4.19. The molecule has 58 heavy (non-hydrogen) atoms. The maximum absolute atomic E-state index is 13.7. The van der Waals surface area contributed by atoms with E-state index in [1.54, 1.807) is 0 Å². The first-order valence-electron chi connectivity index (χ1n) is 17.7. The molecule has 5 rings (SSSR count). The molecule has 3 fully saturated rings. The van der Waals surface area contributed by atoms with Gasteiger partial charge in [-0.25, -0.2) is 31.1 Å². The Morgan fingerprint density at radius 2 is 1.48 bits per heavy atom. The summed E-state index contributed by atoms with van der Waals surface area (Å²) in [5, 5.41) is 71.3. The number of aliphatic hydroxyl groups excluding tert-OH is 2. The predicted octanol–water partition coefficient (Wildman–Crippen LogP) is -1.81. The maximum Gasteiger partial charge on any atom is 0.404 e. The molecule has 0 unspecified atom stereocenters. The molecule has 2 aliphatic heterocycles. The van der Waals surface area contributed by atoms with E-state index < -0.39 is 137 Å². The van der Waals surface area contributed by atoms with Crippen molar-refractivity contribution in [3.8, 4) is 0 Å². The molecule has 1 amide bonds. The fourth-order valence-electron chi connectivity index (χ4n) is 7.23. The van der Waals surface area contributed by atoms with Gasteiger partial charge in [-0.05, 0) is 45.4 Å². The third-order valence-electron chi connectivity index (χ3n) is 10.0. The standard InChI is InChI=1S/C32H45N7O17S2/c1-32(44)15-53-30(25(41)28(32)34-2)55-26-17(33)13-19(36-31(42)43)27(24(26)40)56-29-18(37-58(51,52)23-10-6-4-8-21(23)39(47)48)12-11-16(54-29)14-35-57(49,50)22-9-5-3-7-20(22)38(45)46/h3-10,16-19,24-30,34-37,40-41,44H,11-15,33H2,1-2H3,(H,42,43)/t16-,17+,18+,19-,24+,25+,26-,27+,28+,29+,30+,32-/m0/s1. The van der Waals surface area contributed by atoms with Crippen LogP contribution in [0.4, 0.5) is 16.2 Å². The number of nitro benzene ring substituents is 2. The SMILES string of the molecule is CN[C@@H]1[C@@H](O)[C@@H](O[C@@H]2[C@@H](O)[C@H](O[C@H]3O[C@H](CNS(=O)(=O)c4ccccc4[N+](=O)[O-])CC[C@H]3NS(=O)(=O)c3ccccc3[N+](=O)[O-])[C@@H](NC(=O)O)C[C@H]2N)OC[C@]1(C)O. The van der Waals surface area contributed by atoms with Gasteiger partial charge in [0.25, 0.3) is 11.4 Å². The molecule has 24 nitrogen and oxygen atoms in total. The van der Waals surface area contributed by atoms with Crippen LogP contribution in [0.3, 0.4) is 0 Å². The monoisotopic (exact) mass is 863 g/mol. The van der Waals surface area contributed by atoms with Crippen LogP contribution in [0.15, 0.2) is 58.3 Å². The van der Waals surface area contributed by atoms with E-state index in [0.717, 1.165) is 24.3 Å². The van der Waals surface area contributed by atoms with Gasteiger partial charge in [-0.3, -0.25) is 20.2 Å². The number of sulfonamides is 2. The first kappa shape index (κ1) is 45.1. The highest BCUT2D eigenvalue weighted by atomic mass is 32.2. The van der Waals surface area contributed by atoms with Crippen molar-refractivity contribution in [2.75, 3.05) is 20.2 Å². The number of ether oxygens (including phenoxy) is 4. The summed E-state index contributed by atoms with van der Waals surface area (Å²) in [6.45, 7) is 0.558. The normalized spacial score (nSPS) is 33.2. The van der Waals surface area contributed by atoms with Crippen molar-refractivity contribution in [1.82, 2.24) is 20.1 Å². The third-order valence-corrected chi connectivity index (χ3v) is 13.0. The van der Waals surface area contributed by atoms with E-state index >= 15 is 0 Å². The Balaban J connectivity index is 1.44. The zero-order valence-corrected chi connectivity index (χ0v) is 32.5. The van der Waals surface area contributed by atoms with Gasteiger partial charge in [0.2, 0.25) is 20.0 Å². The van der Waals surface area contributed by atoms with Crippen molar-refractivity contribution >= 4 is 37.5 Å². The molecule has 0 radical (unpaired) electrons. The van der Waals surface area contributed by atoms with E-state index in [2.05, 4.69) is 20.1 Å². The van der Waals surface area contributed by atoms with Crippen LogP contribution in [0.5, 0.6) is 0 Å². The van der Waals surface area contributed by atoms with Crippen LogP contribution in [0.25, 0.3) is 0 Å². The lowest BCUT2D eigenvalue weighted by molar-refractivity contribution is -0.388. The van der Waals surface area contributed by atoms with Crippen LogP contribution in [0, 0.1) is 20.2 Å². The molecule has 322 valence electrons. The third kappa shape index (κ3) is 10.0. The number of nitrogens with zero attached hydrogens (tertiary/aromatic N) is 2. The quantitative estimate of drug-likeness (QED) is 0.0703. The van der Waals surface area contributed by atoms with Gasteiger partial charge in [0.05, 0.1) is 40.7 Å². The fourth-order valence-corrected chi connectivity index (χ4v) is 9.90. The molecule has 1 saturated carbocycles. The van der Waals surface area contributed by atoms with Crippen molar-refractivity contribution in [2.45, 2.75) is 109 Å². The second-order valence-corrected chi connectivity index (χ2v) is 17.6. The number of nitrogens with one attached hydrogen (secondary N) is 4. The minimum atomic E-state index is -4.73. The van der Waals surface area contributed by atoms with Gasteiger partial charge in [0.15, 0.2) is 22.4 Å². The number of rotatable bonds is 15. The largest absolute Gasteiger partial charge is 0.465 e. The second-order valence-electron chi connectivity index (χ2n) is 14.2. The molecule has 10 N–H and O–H groups in total. The fraction of sp³-hybridized carbons (Fsp3) is 0.594. The Morgan fingerprint density at radius 1 is 0.914 bits per heavy atom. The zero-order chi connectivity index (χ0) is 42.7. The lowest BCUT2D eigenvalue weighted by atomic mass is 9.83. The first-order chi connectivity index (χ1) is 27.2. The topological polar surface area (TPSA) is 364 Å². The van der Waals surface area contributed by atoms with Crippen LogP contribution in [-0.2, 0) is 39.0 Å². The van der Waals surface area contributed by atoms with E-state index in [0.29, 0.717) is 0 Å². The van der Waals surface area contributed by atoms with Gasteiger partial charge in [-0.2, -0.15) is 0 Å². The molecule has 0 bridgehead atoms. The number of aliphatic hydroxyl groups is 3. The van der Waals surface area contributed by atoms with E-state index in [4.69, 9.17) is 24.7 Å². The average molecular weight is 864 g/mol. The Morgan fingerprint density at radius 3 is 2.05 bits per heavy atom. The second kappa shape index (κ2) is 18.1. The number of nitrogens with two attached hydrogens (primary N) is 1. The maximum atomic E-state index is 13.7. The van der Waals surface area contributed by atoms with Crippen LogP contribution < -0.4 is 25.8 Å². The Labute approximate surface area is 331 Å². The van der Waals surface area contributed by atoms with Crippen LogP contribution in [-0.4, -0.2) is 146 Å². The zero-order valence-electron chi connectivity index (χ0n) is 30.9. The highest BCUT2D eigenvalue weighted by molar-refractivity contribution is 7.90. The van der Waals surface area contributed by atoms with Crippen molar-refractivity contribution in [1.29, 1.82) is 0 Å². The van der Waals surface area contributed by atoms with Gasteiger partial charge < -0.3 is 55.7 Å². The van der Waals surface area contributed by atoms with E-state index in [1.807, 2.05) is 0 Å². The predicted molar refractivity (Wildman–Crippen MR) is 196 cm³/mol. The van der Waals surface area contributed by atoms with Gasteiger partial charge in [-0.15, -0.1) is 0 Å². The summed E-state index contributed by atoms with van der Waals surface area (Å²) in [6.07, 6.45) is -13.0. The highest BCUT2D eigenvalue weighted by Gasteiger charge is 2.52. The number of para-hydroxylation sites is 2. The molecule has 12 atom stereocenters. The summed E-state index contributed by atoms with van der Waals surface area (Å²) in [5.74, 6) is 0. The summed E-state index contributed by atoms with van der Waals surface area (Å²) in [7, 11) is -7.79. The molecule has 0 spiro atoms.